The van der Waals surface area contributed by atoms with Crippen molar-refractivity contribution in [1.82, 2.24) is 10.8 Å². The van der Waals surface area contributed by atoms with Crippen molar-refractivity contribution in [3.63, 3.8) is 0 Å². The fourth-order valence-corrected chi connectivity index (χ4v) is 1.68. The molecular formula is C14H17ClN2O6. The van der Waals surface area contributed by atoms with Crippen LogP contribution in [0, 0.1) is 0 Å². The van der Waals surface area contributed by atoms with Crippen LogP contribution in [0.1, 0.15) is 12.5 Å². The lowest BCUT2D eigenvalue weighted by Crippen LogP contribution is -2.54. The van der Waals surface area contributed by atoms with Gasteiger partial charge in [0.25, 0.3) is 5.91 Å². The van der Waals surface area contributed by atoms with E-state index < -0.39 is 30.1 Å². The van der Waals surface area contributed by atoms with Crippen molar-refractivity contribution in [2.75, 3.05) is 5.88 Å². The second-order valence-electron chi connectivity index (χ2n) is 4.47. The highest BCUT2D eigenvalue weighted by molar-refractivity contribution is 6.18. The molecular weight excluding hydrogens is 328 g/mol. The van der Waals surface area contributed by atoms with E-state index in [2.05, 4.69) is 10.2 Å². The molecule has 0 aliphatic carbocycles. The number of hydroxylamine groups is 1. The molecule has 0 saturated heterocycles. The normalized spacial score (nSPS) is 12.7. The summed E-state index contributed by atoms with van der Waals surface area (Å²) in [5.74, 6) is -2.02. The third kappa shape index (κ3) is 6.98. The summed E-state index contributed by atoms with van der Waals surface area (Å²) in [6.45, 7) is 1.07. The van der Waals surface area contributed by atoms with Crippen LogP contribution in [0.15, 0.2) is 30.3 Å². The number of ether oxygens (including phenoxy) is 1. The van der Waals surface area contributed by atoms with Gasteiger partial charge in [-0.05, 0) is 5.56 Å². The average molecular weight is 345 g/mol. The molecule has 2 atom stereocenters. The van der Waals surface area contributed by atoms with E-state index in [1.54, 1.807) is 29.7 Å². The minimum absolute atomic E-state index is 0.0120. The van der Waals surface area contributed by atoms with E-state index in [4.69, 9.17) is 16.3 Å². The first-order chi connectivity index (χ1) is 10.9. The quantitative estimate of drug-likeness (QED) is 0.511. The molecule has 0 heterocycles. The smallest absolute Gasteiger partial charge is 0.408 e. The van der Waals surface area contributed by atoms with Crippen molar-refractivity contribution < 1.29 is 29.1 Å². The number of rotatable bonds is 6. The number of halogens is 1. The zero-order valence-corrected chi connectivity index (χ0v) is 13.1. The van der Waals surface area contributed by atoms with Gasteiger partial charge in [0, 0.05) is 6.92 Å². The fraction of sp³-hybridized carbons (Fsp3) is 0.357. The van der Waals surface area contributed by atoms with Crippen LogP contribution in [0.3, 0.4) is 0 Å². The molecule has 0 saturated carbocycles. The lowest BCUT2D eigenvalue weighted by atomic mass is 10.2. The zero-order chi connectivity index (χ0) is 17.2. The molecule has 0 aliphatic heterocycles. The summed E-state index contributed by atoms with van der Waals surface area (Å²) in [5.41, 5.74) is 2.55. The number of hydrogen-bond acceptors (Lipinski definition) is 6. The van der Waals surface area contributed by atoms with Crippen LogP contribution in [0.2, 0.25) is 0 Å². The molecule has 0 aliphatic rings. The molecule has 0 unspecified atom stereocenters. The minimum atomic E-state index is -1.44. The summed E-state index contributed by atoms with van der Waals surface area (Å²) in [6, 6.07) is 7.45. The molecule has 0 aromatic heterocycles. The van der Waals surface area contributed by atoms with Crippen LogP contribution in [-0.2, 0) is 25.8 Å². The molecule has 9 heteroatoms. The Morgan fingerprint density at radius 2 is 1.91 bits per heavy atom. The summed E-state index contributed by atoms with van der Waals surface area (Å²) in [6.07, 6.45) is -2.32. The predicted molar refractivity (Wildman–Crippen MR) is 80.2 cm³/mol. The van der Waals surface area contributed by atoms with Gasteiger partial charge in [-0.1, -0.05) is 30.3 Å². The van der Waals surface area contributed by atoms with Crippen molar-refractivity contribution in [3.05, 3.63) is 35.9 Å². The fourth-order valence-electron chi connectivity index (χ4n) is 1.50. The second kappa shape index (κ2) is 9.65. The highest BCUT2D eigenvalue weighted by Crippen LogP contribution is 2.02. The molecule has 2 amide bonds. The van der Waals surface area contributed by atoms with E-state index in [0.717, 1.165) is 12.5 Å². The Labute approximate surface area is 137 Å². The summed E-state index contributed by atoms with van der Waals surface area (Å²) in [4.78, 5) is 38.5. The van der Waals surface area contributed by atoms with Crippen molar-refractivity contribution >= 4 is 29.6 Å². The standard InChI is InChI=1S/C14H17ClN2O6/c1-9(18)23-17-13(20)12(11(19)7-15)16-14(21)22-8-10-5-3-2-4-6-10/h2-6,11-12,19H,7-8H2,1H3,(H,16,21)(H,17,20)/t11-,12+/m1/s1. The molecule has 23 heavy (non-hydrogen) atoms. The van der Waals surface area contributed by atoms with E-state index in [0.29, 0.717) is 0 Å². The molecule has 8 nitrogen and oxygen atoms in total. The van der Waals surface area contributed by atoms with Crippen LogP contribution in [0.5, 0.6) is 0 Å². The number of nitrogens with one attached hydrogen (secondary N) is 2. The van der Waals surface area contributed by atoms with Crippen LogP contribution in [-0.4, -0.2) is 41.1 Å². The van der Waals surface area contributed by atoms with Crippen LogP contribution in [0.25, 0.3) is 0 Å². The van der Waals surface area contributed by atoms with Gasteiger partial charge in [0.1, 0.15) is 12.6 Å². The molecule has 0 spiro atoms. The third-order valence-corrected chi connectivity index (χ3v) is 2.92. The number of carbonyl (C=O) groups is 3. The van der Waals surface area contributed by atoms with Crippen molar-refractivity contribution in [1.29, 1.82) is 0 Å². The van der Waals surface area contributed by atoms with Crippen molar-refractivity contribution in [2.45, 2.75) is 25.7 Å². The summed E-state index contributed by atoms with van der Waals surface area (Å²) in [7, 11) is 0. The molecule has 126 valence electrons. The molecule has 1 aromatic carbocycles. The first kappa shape index (κ1) is 18.7. The number of alkyl halides is 1. The summed E-state index contributed by atoms with van der Waals surface area (Å²) in [5, 5.41) is 11.8. The van der Waals surface area contributed by atoms with Gasteiger partial charge in [-0.25, -0.2) is 4.79 Å². The van der Waals surface area contributed by atoms with Crippen molar-refractivity contribution in [2.24, 2.45) is 0 Å². The predicted octanol–water partition coefficient (Wildman–Crippen LogP) is 0.475. The maximum absolute atomic E-state index is 11.8. The number of carbonyl (C=O) groups excluding carboxylic acids is 3. The van der Waals surface area contributed by atoms with E-state index in [-0.39, 0.29) is 12.5 Å². The highest BCUT2D eigenvalue weighted by Gasteiger charge is 2.29. The molecule has 0 radical (unpaired) electrons. The minimum Gasteiger partial charge on any atom is -0.445 e. The molecule has 1 aromatic rings. The molecule has 0 bridgehead atoms. The van der Waals surface area contributed by atoms with Gasteiger partial charge in [-0.3, -0.25) is 9.59 Å². The van der Waals surface area contributed by atoms with Gasteiger partial charge >= 0.3 is 12.1 Å². The van der Waals surface area contributed by atoms with Crippen molar-refractivity contribution in [3.8, 4) is 0 Å². The Balaban J connectivity index is 2.56. The lowest BCUT2D eigenvalue weighted by molar-refractivity contribution is -0.157. The average Bonchev–Trinajstić information content (AvgIpc) is 2.55. The summed E-state index contributed by atoms with van der Waals surface area (Å²) < 4.78 is 4.94. The second-order valence-corrected chi connectivity index (χ2v) is 4.77. The highest BCUT2D eigenvalue weighted by atomic mass is 35.5. The SMILES string of the molecule is CC(=O)ONC(=O)[C@@H](NC(=O)OCc1ccccc1)[C@H](O)CCl. The number of hydrogen-bond donors (Lipinski definition) is 3. The van der Waals surface area contributed by atoms with Gasteiger partial charge in [0.2, 0.25) is 0 Å². The largest absolute Gasteiger partial charge is 0.445 e. The molecule has 3 N–H and O–H groups in total. The van der Waals surface area contributed by atoms with E-state index in [9.17, 15) is 19.5 Å². The number of aliphatic hydroxyl groups is 1. The first-order valence-corrected chi connectivity index (χ1v) is 7.16. The Morgan fingerprint density at radius 1 is 1.26 bits per heavy atom. The van der Waals surface area contributed by atoms with Crippen LogP contribution < -0.4 is 10.8 Å². The monoisotopic (exact) mass is 344 g/mol. The molecule has 0 fully saturated rings. The van der Waals surface area contributed by atoms with Crippen LogP contribution >= 0.6 is 11.6 Å². The first-order valence-electron chi connectivity index (χ1n) is 6.62. The number of alkyl carbamates (subject to hydrolysis) is 1. The Kier molecular flexibility index (Phi) is 7.86. The maximum atomic E-state index is 11.8. The van der Waals surface area contributed by atoms with E-state index in [1.165, 1.54) is 0 Å². The number of aliphatic hydroxyl groups excluding tert-OH is 1. The van der Waals surface area contributed by atoms with Gasteiger partial charge in [-0.15, -0.1) is 11.6 Å². The topological polar surface area (TPSA) is 114 Å². The van der Waals surface area contributed by atoms with Gasteiger partial charge in [0.05, 0.1) is 12.0 Å². The lowest BCUT2D eigenvalue weighted by Gasteiger charge is -2.21. The summed E-state index contributed by atoms with van der Waals surface area (Å²) >= 11 is 5.48. The Hall–Kier alpha value is -2.32. The van der Waals surface area contributed by atoms with E-state index >= 15 is 0 Å². The van der Waals surface area contributed by atoms with Gasteiger partial charge < -0.3 is 20.0 Å². The Morgan fingerprint density at radius 3 is 2.48 bits per heavy atom. The zero-order valence-electron chi connectivity index (χ0n) is 12.3. The van der Waals surface area contributed by atoms with Gasteiger partial charge in [-0.2, -0.15) is 5.48 Å². The Bertz CT molecular complexity index is 539. The van der Waals surface area contributed by atoms with E-state index in [1.807, 2.05) is 6.07 Å². The molecule has 1 rings (SSSR count). The number of benzene rings is 1. The maximum Gasteiger partial charge on any atom is 0.408 e. The number of amides is 2. The van der Waals surface area contributed by atoms with Gasteiger partial charge in [0.15, 0.2) is 0 Å². The third-order valence-electron chi connectivity index (χ3n) is 2.61. The van der Waals surface area contributed by atoms with Crippen LogP contribution in [0.4, 0.5) is 4.79 Å².